The largest absolute Gasteiger partial charge is 0.495 e. The van der Waals surface area contributed by atoms with Gasteiger partial charge < -0.3 is 15.4 Å². The van der Waals surface area contributed by atoms with Gasteiger partial charge in [-0.2, -0.15) is 0 Å². The van der Waals surface area contributed by atoms with Crippen molar-refractivity contribution in [3.05, 3.63) is 23.8 Å². The summed E-state index contributed by atoms with van der Waals surface area (Å²) in [5.41, 5.74) is 7.04. The molecule has 22 heavy (non-hydrogen) atoms. The maximum absolute atomic E-state index is 12.3. The topological polar surface area (TPSA) is 55.6 Å². The molecule has 124 valence electrons. The summed E-state index contributed by atoms with van der Waals surface area (Å²) < 4.78 is 5.12. The molecule has 1 aromatic rings. The Bertz CT molecular complexity index is 474. The number of ketones is 1. The lowest BCUT2D eigenvalue weighted by atomic mass is 10.1. The standard InChI is InChI=1S/C18H30N2O2/c1-13(2)11-20(12-14(3)4)9-8-17(21)15-6-7-18(22-5)16(19)10-15/h6-7,10,13-14H,8-9,11-12,19H2,1-5H3. The normalized spacial score (nSPS) is 11.5. The fourth-order valence-electron chi connectivity index (χ4n) is 2.60. The molecule has 4 heteroatoms. The van der Waals surface area contributed by atoms with Crippen LogP contribution >= 0.6 is 0 Å². The van der Waals surface area contributed by atoms with Crippen LogP contribution in [0.1, 0.15) is 44.5 Å². The smallest absolute Gasteiger partial charge is 0.164 e. The quantitative estimate of drug-likeness (QED) is 0.561. The Hall–Kier alpha value is -1.55. The van der Waals surface area contributed by atoms with E-state index in [4.69, 9.17) is 10.5 Å². The van der Waals surface area contributed by atoms with Gasteiger partial charge in [-0.1, -0.05) is 27.7 Å². The third kappa shape index (κ3) is 6.06. The van der Waals surface area contributed by atoms with Gasteiger partial charge in [-0.15, -0.1) is 0 Å². The van der Waals surface area contributed by atoms with Crippen molar-refractivity contribution < 1.29 is 9.53 Å². The van der Waals surface area contributed by atoms with Crippen LogP contribution < -0.4 is 10.5 Å². The highest BCUT2D eigenvalue weighted by Gasteiger charge is 2.13. The molecule has 0 fully saturated rings. The zero-order chi connectivity index (χ0) is 16.7. The fraction of sp³-hybridized carbons (Fsp3) is 0.611. The Morgan fingerprint density at radius 3 is 2.23 bits per heavy atom. The number of nitrogen functional groups attached to an aromatic ring is 1. The molecule has 0 aliphatic heterocycles. The van der Waals surface area contributed by atoms with E-state index in [0.717, 1.165) is 19.6 Å². The summed E-state index contributed by atoms with van der Waals surface area (Å²) in [4.78, 5) is 14.7. The average molecular weight is 306 g/mol. The number of hydrogen-bond donors (Lipinski definition) is 1. The first-order chi connectivity index (χ1) is 10.3. The molecule has 1 aromatic carbocycles. The Morgan fingerprint density at radius 2 is 1.77 bits per heavy atom. The van der Waals surface area contributed by atoms with E-state index >= 15 is 0 Å². The van der Waals surface area contributed by atoms with Gasteiger partial charge in [-0.05, 0) is 30.0 Å². The van der Waals surface area contributed by atoms with E-state index in [0.29, 0.717) is 35.3 Å². The maximum atomic E-state index is 12.3. The summed E-state index contributed by atoms with van der Waals surface area (Å²) in [5, 5.41) is 0. The minimum atomic E-state index is 0.131. The number of benzene rings is 1. The summed E-state index contributed by atoms with van der Waals surface area (Å²) in [6.07, 6.45) is 0.519. The van der Waals surface area contributed by atoms with Gasteiger partial charge in [0.15, 0.2) is 5.78 Å². The van der Waals surface area contributed by atoms with Gasteiger partial charge in [0.25, 0.3) is 0 Å². The molecule has 0 bridgehead atoms. The summed E-state index contributed by atoms with van der Waals surface area (Å²) in [6, 6.07) is 5.24. The van der Waals surface area contributed by atoms with E-state index in [1.807, 2.05) is 0 Å². The number of hydrogen-bond acceptors (Lipinski definition) is 4. The Kier molecular flexibility index (Phi) is 7.39. The molecule has 0 saturated carbocycles. The van der Waals surface area contributed by atoms with Crippen molar-refractivity contribution in [2.75, 3.05) is 32.5 Å². The van der Waals surface area contributed by atoms with E-state index in [2.05, 4.69) is 32.6 Å². The van der Waals surface area contributed by atoms with Crippen molar-refractivity contribution in [1.29, 1.82) is 0 Å². The summed E-state index contributed by atoms with van der Waals surface area (Å²) in [6.45, 7) is 11.7. The zero-order valence-electron chi connectivity index (χ0n) is 14.6. The average Bonchev–Trinajstić information content (AvgIpc) is 2.43. The summed E-state index contributed by atoms with van der Waals surface area (Å²) >= 11 is 0. The molecule has 0 spiro atoms. The first-order valence-corrected chi connectivity index (χ1v) is 8.02. The van der Waals surface area contributed by atoms with Crippen molar-refractivity contribution in [1.82, 2.24) is 4.90 Å². The fourth-order valence-corrected chi connectivity index (χ4v) is 2.60. The third-order valence-corrected chi connectivity index (χ3v) is 3.45. The molecule has 1 rings (SSSR count). The number of ether oxygens (including phenoxy) is 1. The molecule has 2 N–H and O–H groups in total. The molecule has 0 aliphatic carbocycles. The van der Waals surface area contributed by atoms with E-state index < -0.39 is 0 Å². The number of nitrogens with two attached hydrogens (primary N) is 1. The molecule has 0 heterocycles. The van der Waals surface area contributed by atoms with Crippen LogP contribution in [-0.4, -0.2) is 37.4 Å². The van der Waals surface area contributed by atoms with Gasteiger partial charge >= 0.3 is 0 Å². The van der Waals surface area contributed by atoms with Crippen LogP contribution in [0.15, 0.2) is 18.2 Å². The number of anilines is 1. The number of carbonyl (C=O) groups excluding carboxylic acids is 1. The van der Waals surface area contributed by atoms with Crippen LogP contribution in [0.4, 0.5) is 5.69 Å². The van der Waals surface area contributed by atoms with Gasteiger partial charge in [0.1, 0.15) is 5.75 Å². The molecule has 0 unspecified atom stereocenters. The first kappa shape index (κ1) is 18.5. The van der Waals surface area contributed by atoms with E-state index in [-0.39, 0.29) is 5.78 Å². The second-order valence-electron chi connectivity index (χ2n) is 6.68. The minimum absolute atomic E-state index is 0.131. The zero-order valence-corrected chi connectivity index (χ0v) is 14.6. The molecule has 4 nitrogen and oxygen atoms in total. The summed E-state index contributed by atoms with van der Waals surface area (Å²) in [7, 11) is 1.57. The molecular formula is C18H30N2O2. The van der Waals surface area contributed by atoms with Crippen molar-refractivity contribution in [2.45, 2.75) is 34.1 Å². The predicted molar refractivity (Wildman–Crippen MR) is 92.5 cm³/mol. The SMILES string of the molecule is COc1ccc(C(=O)CCN(CC(C)C)CC(C)C)cc1N. The van der Waals surface area contributed by atoms with E-state index in [1.165, 1.54) is 0 Å². The van der Waals surface area contributed by atoms with Crippen LogP contribution in [-0.2, 0) is 0 Å². The van der Waals surface area contributed by atoms with Crippen LogP contribution in [0.3, 0.4) is 0 Å². The van der Waals surface area contributed by atoms with Crippen LogP contribution in [0.25, 0.3) is 0 Å². The number of methoxy groups -OCH3 is 1. The molecule has 0 radical (unpaired) electrons. The van der Waals surface area contributed by atoms with Gasteiger partial charge in [0.05, 0.1) is 12.8 Å². The highest BCUT2D eigenvalue weighted by Crippen LogP contribution is 2.22. The van der Waals surface area contributed by atoms with Gasteiger partial charge in [0, 0.05) is 31.6 Å². The lowest BCUT2D eigenvalue weighted by Crippen LogP contribution is -2.33. The van der Waals surface area contributed by atoms with Crippen LogP contribution in [0.2, 0.25) is 0 Å². The second kappa shape index (κ2) is 8.79. The van der Waals surface area contributed by atoms with Crippen molar-refractivity contribution in [3.63, 3.8) is 0 Å². The Balaban J connectivity index is 2.64. The van der Waals surface area contributed by atoms with Gasteiger partial charge in [-0.25, -0.2) is 0 Å². The third-order valence-electron chi connectivity index (χ3n) is 3.45. The molecular weight excluding hydrogens is 276 g/mol. The molecule has 0 amide bonds. The highest BCUT2D eigenvalue weighted by molar-refractivity contribution is 5.97. The van der Waals surface area contributed by atoms with Gasteiger partial charge in [-0.3, -0.25) is 4.79 Å². The predicted octanol–water partition coefficient (Wildman–Crippen LogP) is 3.46. The minimum Gasteiger partial charge on any atom is -0.495 e. The highest BCUT2D eigenvalue weighted by atomic mass is 16.5. The molecule has 0 saturated heterocycles. The number of Topliss-reactive ketones (excluding diaryl/α,β-unsaturated/α-hetero) is 1. The van der Waals surface area contributed by atoms with E-state index in [9.17, 15) is 4.79 Å². The van der Waals surface area contributed by atoms with Crippen molar-refractivity contribution in [2.24, 2.45) is 11.8 Å². The lowest BCUT2D eigenvalue weighted by molar-refractivity contribution is 0.0956. The number of nitrogens with zero attached hydrogens (tertiary/aromatic N) is 1. The van der Waals surface area contributed by atoms with E-state index in [1.54, 1.807) is 25.3 Å². The lowest BCUT2D eigenvalue weighted by Gasteiger charge is -2.25. The number of rotatable bonds is 9. The van der Waals surface area contributed by atoms with Crippen molar-refractivity contribution in [3.8, 4) is 5.75 Å². The van der Waals surface area contributed by atoms with Crippen molar-refractivity contribution >= 4 is 11.5 Å². The molecule has 0 aromatic heterocycles. The second-order valence-corrected chi connectivity index (χ2v) is 6.68. The number of carbonyl (C=O) groups is 1. The first-order valence-electron chi connectivity index (χ1n) is 8.02. The monoisotopic (exact) mass is 306 g/mol. The summed E-state index contributed by atoms with van der Waals surface area (Å²) in [5.74, 6) is 1.95. The Morgan fingerprint density at radius 1 is 1.18 bits per heavy atom. The molecule has 0 aliphatic rings. The van der Waals surface area contributed by atoms with Crippen LogP contribution in [0, 0.1) is 11.8 Å². The van der Waals surface area contributed by atoms with Gasteiger partial charge in [0.2, 0.25) is 0 Å². The molecule has 0 atom stereocenters. The van der Waals surface area contributed by atoms with Crippen LogP contribution in [0.5, 0.6) is 5.75 Å². The Labute approximate surface area is 134 Å². The maximum Gasteiger partial charge on any atom is 0.164 e.